The monoisotopic (exact) mass is 312 g/mol. The van der Waals surface area contributed by atoms with E-state index in [9.17, 15) is 4.39 Å². The number of hydrogen-bond donors (Lipinski definition) is 2. The maximum Gasteiger partial charge on any atom is 0.127 e. The van der Waals surface area contributed by atoms with Gasteiger partial charge in [-0.1, -0.05) is 41.4 Å². The molecule has 0 radical (unpaired) electrons. The molecule has 106 valence electrons. The minimum absolute atomic E-state index is 0.236. The number of rotatable bonds is 4. The van der Waals surface area contributed by atoms with Crippen LogP contribution in [0.1, 0.15) is 22.7 Å². The first-order valence-electron chi connectivity index (χ1n) is 6.18. The van der Waals surface area contributed by atoms with Gasteiger partial charge in [0, 0.05) is 15.6 Å². The summed E-state index contributed by atoms with van der Waals surface area (Å²) in [6.45, 7) is 1.91. The molecule has 2 rings (SSSR count). The lowest BCUT2D eigenvalue weighted by Crippen LogP contribution is -2.30. The highest BCUT2D eigenvalue weighted by molar-refractivity contribution is 6.31. The van der Waals surface area contributed by atoms with Crippen molar-refractivity contribution in [2.75, 3.05) is 0 Å². The van der Waals surface area contributed by atoms with Crippen LogP contribution in [0.25, 0.3) is 0 Å². The fourth-order valence-electron chi connectivity index (χ4n) is 2.09. The summed E-state index contributed by atoms with van der Waals surface area (Å²) in [7, 11) is 0. The average molecular weight is 313 g/mol. The van der Waals surface area contributed by atoms with E-state index in [4.69, 9.17) is 29.0 Å². The largest absolute Gasteiger partial charge is 0.271 e. The van der Waals surface area contributed by atoms with E-state index in [0.29, 0.717) is 22.0 Å². The van der Waals surface area contributed by atoms with Gasteiger partial charge in [0.05, 0.1) is 6.04 Å². The topological polar surface area (TPSA) is 38.0 Å². The molecule has 0 spiro atoms. The van der Waals surface area contributed by atoms with Crippen LogP contribution in [0.15, 0.2) is 36.4 Å². The zero-order chi connectivity index (χ0) is 14.7. The number of halogens is 3. The van der Waals surface area contributed by atoms with Crippen molar-refractivity contribution in [2.45, 2.75) is 19.4 Å². The van der Waals surface area contributed by atoms with E-state index < -0.39 is 0 Å². The molecule has 0 fully saturated rings. The predicted octanol–water partition coefficient (Wildman–Crippen LogP) is 4.19. The van der Waals surface area contributed by atoms with E-state index in [-0.39, 0.29) is 11.9 Å². The highest BCUT2D eigenvalue weighted by Crippen LogP contribution is 2.27. The molecule has 0 aliphatic rings. The Morgan fingerprint density at radius 3 is 2.55 bits per heavy atom. The van der Waals surface area contributed by atoms with Gasteiger partial charge in [-0.15, -0.1) is 0 Å². The molecule has 3 N–H and O–H groups in total. The Bertz CT molecular complexity index is 597. The molecule has 0 saturated heterocycles. The second-order valence-electron chi connectivity index (χ2n) is 4.63. The van der Waals surface area contributed by atoms with Gasteiger partial charge < -0.3 is 0 Å². The Kier molecular flexibility index (Phi) is 5.00. The van der Waals surface area contributed by atoms with E-state index in [1.165, 1.54) is 6.07 Å². The van der Waals surface area contributed by atoms with Gasteiger partial charge in [0.15, 0.2) is 0 Å². The second kappa shape index (κ2) is 6.55. The molecule has 5 heteroatoms. The molecule has 1 atom stereocenters. The summed E-state index contributed by atoms with van der Waals surface area (Å²) in [5, 5.41) is 1.09. The predicted molar refractivity (Wildman–Crippen MR) is 81.4 cm³/mol. The standard InChI is InChI=1S/C15H15Cl2FN2/c1-9-7-10(5-6-12(9)16)15(20-19)8-11-13(17)3-2-4-14(11)18/h2-7,15,20H,8,19H2,1H3. The molecule has 0 aliphatic carbocycles. The van der Waals surface area contributed by atoms with E-state index in [1.807, 2.05) is 19.1 Å². The van der Waals surface area contributed by atoms with E-state index in [0.717, 1.165) is 11.1 Å². The fraction of sp³-hybridized carbons (Fsp3) is 0.200. The second-order valence-corrected chi connectivity index (χ2v) is 5.45. The van der Waals surface area contributed by atoms with Crippen molar-refractivity contribution in [3.8, 4) is 0 Å². The van der Waals surface area contributed by atoms with Gasteiger partial charge in [-0.05, 0) is 42.7 Å². The molecular weight excluding hydrogens is 298 g/mol. The van der Waals surface area contributed by atoms with Crippen LogP contribution in [0.2, 0.25) is 10.0 Å². The van der Waals surface area contributed by atoms with E-state index in [2.05, 4.69) is 5.43 Å². The molecular formula is C15H15Cl2FN2. The van der Waals surface area contributed by atoms with Crippen molar-refractivity contribution in [2.24, 2.45) is 5.84 Å². The Balaban J connectivity index is 2.31. The summed E-state index contributed by atoms with van der Waals surface area (Å²) in [5.41, 5.74) is 5.04. The number of nitrogens with two attached hydrogens (primary N) is 1. The van der Waals surface area contributed by atoms with Crippen molar-refractivity contribution in [3.05, 3.63) is 69.0 Å². The first-order valence-corrected chi connectivity index (χ1v) is 6.93. The molecule has 0 saturated carbocycles. The Hall–Kier alpha value is -1.13. The van der Waals surface area contributed by atoms with Crippen LogP contribution in [0, 0.1) is 12.7 Å². The van der Waals surface area contributed by atoms with E-state index >= 15 is 0 Å². The molecule has 2 aromatic carbocycles. The zero-order valence-corrected chi connectivity index (χ0v) is 12.5. The minimum atomic E-state index is -0.330. The summed E-state index contributed by atoms with van der Waals surface area (Å²) in [6, 6.07) is 10.0. The van der Waals surface area contributed by atoms with Gasteiger partial charge in [0.2, 0.25) is 0 Å². The van der Waals surface area contributed by atoms with Crippen molar-refractivity contribution < 1.29 is 4.39 Å². The average Bonchev–Trinajstić information content (AvgIpc) is 2.42. The van der Waals surface area contributed by atoms with Crippen LogP contribution in [-0.4, -0.2) is 0 Å². The SMILES string of the molecule is Cc1cc(C(Cc2c(F)cccc2Cl)NN)ccc1Cl. The summed E-state index contributed by atoms with van der Waals surface area (Å²) in [6.07, 6.45) is 0.364. The van der Waals surface area contributed by atoms with Gasteiger partial charge in [-0.2, -0.15) is 0 Å². The van der Waals surface area contributed by atoms with Gasteiger partial charge in [0.1, 0.15) is 5.82 Å². The highest BCUT2D eigenvalue weighted by atomic mass is 35.5. The van der Waals surface area contributed by atoms with Crippen LogP contribution in [0.3, 0.4) is 0 Å². The third-order valence-corrected chi connectivity index (χ3v) is 4.03. The highest BCUT2D eigenvalue weighted by Gasteiger charge is 2.16. The lowest BCUT2D eigenvalue weighted by atomic mass is 9.97. The first kappa shape index (κ1) is 15.3. The quantitative estimate of drug-likeness (QED) is 0.656. The lowest BCUT2D eigenvalue weighted by molar-refractivity contribution is 0.529. The zero-order valence-electron chi connectivity index (χ0n) is 11.0. The maximum atomic E-state index is 13.8. The third kappa shape index (κ3) is 3.30. The number of hydrazine groups is 1. The third-order valence-electron chi connectivity index (χ3n) is 3.26. The van der Waals surface area contributed by atoms with Crippen LogP contribution in [0.4, 0.5) is 4.39 Å². The maximum absolute atomic E-state index is 13.8. The fourth-order valence-corrected chi connectivity index (χ4v) is 2.45. The van der Waals surface area contributed by atoms with Crippen LogP contribution in [0.5, 0.6) is 0 Å². The van der Waals surface area contributed by atoms with Crippen molar-refractivity contribution in [1.82, 2.24) is 5.43 Å². The molecule has 0 aromatic heterocycles. The molecule has 2 nitrogen and oxygen atoms in total. The number of benzene rings is 2. The summed E-state index contributed by atoms with van der Waals surface area (Å²) in [4.78, 5) is 0. The van der Waals surface area contributed by atoms with Gasteiger partial charge in [0.25, 0.3) is 0 Å². The molecule has 0 heterocycles. The summed E-state index contributed by atoms with van der Waals surface area (Å²) < 4.78 is 13.8. The lowest BCUT2D eigenvalue weighted by Gasteiger charge is -2.18. The van der Waals surface area contributed by atoms with Gasteiger partial charge >= 0.3 is 0 Å². The molecule has 0 aliphatic heterocycles. The molecule has 20 heavy (non-hydrogen) atoms. The molecule has 0 amide bonds. The first-order chi connectivity index (χ1) is 9.52. The van der Waals surface area contributed by atoms with Crippen LogP contribution >= 0.6 is 23.2 Å². The number of nitrogens with one attached hydrogen (secondary N) is 1. The molecule has 0 bridgehead atoms. The number of aryl methyl sites for hydroxylation is 1. The van der Waals surface area contributed by atoms with E-state index in [1.54, 1.807) is 18.2 Å². The van der Waals surface area contributed by atoms with Gasteiger partial charge in [-0.3, -0.25) is 11.3 Å². The Labute approximate surface area is 127 Å². The summed E-state index contributed by atoms with van der Waals surface area (Å²) >= 11 is 12.1. The van der Waals surface area contributed by atoms with Gasteiger partial charge in [-0.25, -0.2) is 4.39 Å². The Morgan fingerprint density at radius 1 is 1.20 bits per heavy atom. The minimum Gasteiger partial charge on any atom is -0.271 e. The summed E-state index contributed by atoms with van der Waals surface area (Å²) in [5.74, 6) is 5.26. The van der Waals surface area contributed by atoms with Crippen molar-refractivity contribution >= 4 is 23.2 Å². The van der Waals surface area contributed by atoms with Crippen molar-refractivity contribution in [3.63, 3.8) is 0 Å². The van der Waals surface area contributed by atoms with Crippen LogP contribution in [-0.2, 0) is 6.42 Å². The molecule has 2 aromatic rings. The normalized spacial score (nSPS) is 12.4. The number of hydrogen-bond acceptors (Lipinski definition) is 2. The smallest absolute Gasteiger partial charge is 0.127 e. The Morgan fingerprint density at radius 2 is 1.95 bits per heavy atom. The molecule has 1 unspecified atom stereocenters. The van der Waals surface area contributed by atoms with Crippen molar-refractivity contribution in [1.29, 1.82) is 0 Å². The van der Waals surface area contributed by atoms with Crippen LogP contribution < -0.4 is 11.3 Å².